The van der Waals surface area contributed by atoms with Crippen LogP contribution in [0.5, 0.6) is 5.75 Å². The van der Waals surface area contributed by atoms with E-state index in [-0.39, 0.29) is 17.9 Å². The standard InChI is InChI=1S/C17H12N2O4/c1-21-17(20)16-6-5-15(23-16)11-22-14-4-2-3-12(8-14)7-13(9-18)10-19/h2-8H,11H2,1H3. The van der Waals surface area contributed by atoms with E-state index in [0.717, 1.165) is 0 Å². The molecule has 0 bridgehead atoms. The Bertz CT molecular complexity index is 806. The molecule has 2 rings (SSSR count). The van der Waals surface area contributed by atoms with Crippen LogP contribution in [0.4, 0.5) is 0 Å². The molecule has 1 aromatic heterocycles. The topological polar surface area (TPSA) is 96.2 Å². The number of methoxy groups -OCH3 is 1. The van der Waals surface area contributed by atoms with Crippen molar-refractivity contribution >= 4 is 12.0 Å². The van der Waals surface area contributed by atoms with Gasteiger partial charge in [-0.05, 0) is 35.9 Å². The number of furan rings is 1. The number of carbonyl (C=O) groups is 1. The lowest BCUT2D eigenvalue weighted by Crippen LogP contribution is -1.99. The van der Waals surface area contributed by atoms with E-state index in [1.165, 1.54) is 19.3 Å². The van der Waals surface area contributed by atoms with Gasteiger partial charge < -0.3 is 13.9 Å². The molecule has 0 saturated carbocycles. The van der Waals surface area contributed by atoms with Crippen LogP contribution in [0.25, 0.3) is 6.08 Å². The maximum absolute atomic E-state index is 11.3. The quantitative estimate of drug-likeness (QED) is 0.622. The van der Waals surface area contributed by atoms with Gasteiger partial charge in [0.1, 0.15) is 35.8 Å². The number of allylic oxidation sites excluding steroid dienone is 1. The van der Waals surface area contributed by atoms with Gasteiger partial charge in [0.25, 0.3) is 0 Å². The van der Waals surface area contributed by atoms with Crippen molar-refractivity contribution in [2.24, 2.45) is 0 Å². The lowest BCUT2D eigenvalue weighted by molar-refractivity contribution is 0.0561. The average Bonchev–Trinajstić information content (AvgIpc) is 3.06. The van der Waals surface area contributed by atoms with Crippen molar-refractivity contribution in [2.45, 2.75) is 6.61 Å². The summed E-state index contributed by atoms with van der Waals surface area (Å²) in [5, 5.41) is 17.5. The van der Waals surface area contributed by atoms with Gasteiger partial charge in [0.15, 0.2) is 0 Å². The van der Waals surface area contributed by atoms with Crippen LogP contribution in [0.2, 0.25) is 0 Å². The Hall–Kier alpha value is -3.51. The second kappa shape index (κ2) is 7.48. The van der Waals surface area contributed by atoms with Crippen LogP contribution in [0.3, 0.4) is 0 Å². The summed E-state index contributed by atoms with van der Waals surface area (Å²) in [4.78, 5) is 11.3. The van der Waals surface area contributed by atoms with Crippen LogP contribution >= 0.6 is 0 Å². The predicted octanol–water partition coefficient (Wildman–Crippen LogP) is 3.08. The minimum Gasteiger partial charge on any atom is -0.486 e. The summed E-state index contributed by atoms with van der Waals surface area (Å²) >= 11 is 0. The summed E-state index contributed by atoms with van der Waals surface area (Å²) in [6, 6.07) is 13.7. The number of hydrogen-bond donors (Lipinski definition) is 0. The fourth-order valence-electron chi connectivity index (χ4n) is 1.77. The summed E-state index contributed by atoms with van der Waals surface area (Å²) in [6.07, 6.45) is 1.47. The molecule has 0 fully saturated rings. The zero-order chi connectivity index (χ0) is 16.7. The molecular formula is C17H12N2O4. The molecule has 0 radical (unpaired) electrons. The van der Waals surface area contributed by atoms with Gasteiger partial charge in [-0.1, -0.05) is 12.1 Å². The van der Waals surface area contributed by atoms with Gasteiger partial charge in [-0.15, -0.1) is 0 Å². The highest BCUT2D eigenvalue weighted by Gasteiger charge is 2.11. The molecule has 0 aliphatic rings. The molecule has 0 N–H and O–H groups in total. The van der Waals surface area contributed by atoms with E-state index in [9.17, 15) is 4.79 Å². The molecular weight excluding hydrogens is 296 g/mol. The van der Waals surface area contributed by atoms with Crippen LogP contribution in [-0.2, 0) is 11.3 Å². The van der Waals surface area contributed by atoms with E-state index in [1.54, 1.807) is 42.5 Å². The molecule has 0 aliphatic heterocycles. The highest BCUT2D eigenvalue weighted by Crippen LogP contribution is 2.18. The number of nitrogens with zero attached hydrogens (tertiary/aromatic N) is 2. The lowest BCUT2D eigenvalue weighted by atomic mass is 10.1. The van der Waals surface area contributed by atoms with Crippen molar-refractivity contribution in [2.75, 3.05) is 7.11 Å². The maximum atomic E-state index is 11.3. The third kappa shape index (κ3) is 4.23. The van der Waals surface area contributed by atoms with Crippen LogP contribution in [0.1, 0.15) is 21.9 Å². The minimum absolute atomic E-state index is 0.0101. The highest BCUT2D eigenvalue weighted by atomic mass is 16.5. The van der Waals surface area contributed by atoms with E-state index in [1.807, 2.05) is 0 Å². The summed E-state index contributed by atoms with van der Waals surface area (Å²) in [7, 11) is 1.27. The summed E-state index contributed by atoms with van der Waals surface area (Å²) in [5.74, 6) is 0.575. The van der Waals surface area contributed by atoms with Gasteiger partial charge in [0.05, 0.1) is 7.11 Å². The normalized spacial score (nSPS) is 9.35. The molecule has 6 nitrogen and oxygen atoms in total. The van der Waals surface area contributed by atoms with Gasteiger partial charge in [-0.25, -0.2) is 4.79 Å². The molecule has 0 atom stereocenters. The third-order valence-electron chi connectivity index (χ3n) is 2.84. The predicted molar refractivity (Wildman–Crippen MR) is 80.0 cm³/mol. The second-order valence-corrected chi connectivity index (χ2v) is 4.40. The van der Waals surface area contributed by atoms with Gasteiger partial charge in [-0.3, -0.25) is 0 Å². The van der Waals surface area contributed by atoms with Crippen molar-refractivity contribution in [3.05, 3.63) is 59.1 Å². The number of hydrogen-bond acceptors (Lipinski definition) is 6. The average molecular weight is 308 g/mol. The van der Waals surface area contributed by atoms with Gasteiger partial charge in [-0.2, -0.15) is 10.5 Å². The SMILES string of the molecule is COC(=O)c1ccc(COc2cccc(C=C(C#N)C#N)c2)o1. The number of carbonyl (C=O) groups excluding carboxylic acids is 1. The number of benzene rings is 1. The van der Waals surface area contributed by atoms with Crippen LogP contribution in [0, 0.1) is 22.7 Å². The molecule has 0 aliphatic carbocycles. The highest BCUT2D eigenvalue weighted by molar-refractivity contribution is 5.86. The van der Waals surface area contributed by atoms with E-state index < -0.39 is 5.97 Å². The summed E-state index contributed by atoms with van der Waals surface area (Å²) in [5.41, 5.74) is 0.686. The number of rotatable bonds is 5. The van der Waals surface area contributed by atoms with Crippen molar-refractivity contribution in [1.82, 2.24) is 0 Å². The van der Waals surface area contributed by atoms with Crippen molar-refractivity contribution in [3.63, 3.8) is 0 Å². The van der Waals surface area contributed by atoms with Crippen molar-refractivity contribution < 1.29 is 18.7 Å². The van der Waals surface area contributed by atoms with E-state index in [2.05, 4.69) is 4.74 Å². The molecule has 1 aromatic carbocycles. The molecule has 1 heterocycles. The zero-order valence-corrected chi connectivity index (χ0v) is 12.3. The molecule has 0 amide bonds. The molecule has 2 aromatic rings. The minimum atomic E-state index is -0.552. The number of esters is 1. The van der Waals surface area contributed by atoms with Gasteiger partial charge in [0.2, 0.25) is 5.76 Å². The molecule has 114 valence electrons. The second-order valence-electron chi connectivity index (χ2n) is 4.40. The first kappa shape index (κ1) is 15.9. The Morgan fingerprint density at radius 2 is 2.04 bits per heavy atom. The molecule has 6 heteroatoms. The summed E-state index contributed by atoms with van der Waals surface area (Å²) < 4.78 is 15.4. The Morgan fingerprint density at radius 1 is 1.26 bits per heavy atom. The molecule has 23 heavy (non-hydrogen) atoms. The summed E-state index contributed by atoms with van der Waals surface area (Å²) in [6.45, 7) is 0.132. The Morgan fingerprint density at radius 3 is 2.74 bits per heavy atom. The van der Waals surface area contributed by atoms with Crippen LogP contribution in [0.15, 0.2) is 46.4 Å². The van der Waals surface area contributed by atoms with Crippen LogP contribution in [-0.4, -0.2) is 13.1 Å². The van der Waals surface area contributed by atoms with Crippen molar-refractivity contribution in [3.8, 4) is 17.9 Å². The molecule has 0 saturated heterocycles. The first-order chi connectivity index (χ1) is 11.2. The van der Waals surface area contributed by atoms with Crippen LogP contribution < -0.4 is 4.74 Å². The number of ether oxygens (including phenoxy) is 2. The zero-order valence-electron chi connectivity index (χ0n) is 12.3. The van der Waals surface area contributed by atoms with E-state index in [0.29, 0.717) is 17.1 Å². The largest absolute Gasteiger partial charge is 0.486 e. The fraction of sp³-hybridized carbons (Fsp3) is 0.118. The third-order valence-corrected chi connectivity index (χ3v) is 2.84. The fourth-order valence-corrected chi connectivity index (χ4v) is 1.77. The smallest absolute Gasteiger partial charge is 0.373 e. The molecule has 0 spiro atoms. The Balaban J connectivity index is 2.06. The Kier molecular flexibility index (Phi) is 5.16. The lowest BCUT2D eigenvalue weighted by Gasteiger charge is -2.05. The molecule has 0 unspecified atom stereocenters. The maximum Gasteiger partial charge on any atom is 0.373 e. The van der Waals surface area contributed by atoms with Gasteiger partial charge in [0, 0.05) is 0 Å². The van der Waals surface area contributed by atoms with E-state index >= 15 is 0 Å². The Labute approximate surface area is 132 Å². The van der Waals surface area contributed by atoms with Gasteiger partial charge >= 0.3 is 5.97 Å². The number of nitriles is 2. The first-order valence-electron chi connectivity index (χ1n) is 6.58. The first-order valence-corrected chi connectivity index (χ1v) is 6.58. The van der Waals surface area contributed by atoms with E-state index in [4.69, 9.17) is 19.7 Å². The van der Waals surface area contributed by atoms with Crippen molar-refractivity contribution in [1.29, 1.82) is 10.5 Å². The monoisotopic (exact) mass is 308 g/mol.